The number of likely N-dealkylation sites (tertiary alicyclic amines) is 1. The molecule has 0 bridgehead atoms. The summed E-state index contributed by atoms with van der Waals surface area (Å²) >= 11 is 0. The molecule has 43 heavy (non-hydrogen) atoms. The number of nitrogens with zero attached hydrogens (tertiary/aromatic N) is 5. The predicted molar refractivity (Wildman–Crippen MR) is 147 cm³/mol. The molecule has 2 aliphatic heterocycles. The molecule has 1 N–H and O–H groups in total. The number of aromatic carboxylic acids is 1. The fourth-order valence-corrected chi connectivity index (χ4v) is 5.39. The van der Waals surface area contributed by atoms with Crippen LogP contribution in [0.3, 0.4) is 0 Å². The van der Waals surface area contributed by atoms with Crippen molar-refractivity contribution < 1.29 is 37.3 Å². The van der Waals surface area contributed by atoms with E-state index in [-0.39, 0.29) is 47.9 Å². The Morgan fingerprint density at radius 3 is 2.67 bits per heavy atom. The first kappa shape index (κ1) is 28.9. The lowest BCUT2D eigenvalue weighted by Crippen LogP contribution is -2.44. The Hall–Kier alpha value is -4.23. The van der Waals surface area contributed by atoms with Gasteiger partial charge in [-0.1, -0.05) is 0 Å². The van der Waals surface area contributed by atoms with Gasteiger partial charge in [0.25, 0.3) is 5.88 Å². The molecule has 0 saturated carbocycles. The minimum absolute atomic E-state index is 0.0638. The maximum absolute atomic E-state index is 14.6. The maximum atomic E-state index is 14.6. The van der Waals surface area contributed by atoms with Gasteiger partial charge in [-0.2, -0.15) is 9.37 Å². The molecule has 0 spiro atoms. The zero-order chi connectivity index (χ0) is 30.1. The van der Waals surface area contributed by atoms with Gasteiger partial charge in [-0.05, 0) is 56.5 Å². The third-order valence-electron chi connectivity index (χ3n) is 7.85. The van der Waals surface area contributed by atoms with Gasteiger partial charge in [0.1, 0.15) is 24.4 Å². The Morgan fingerprint density at radius 2 is 1.95 bits per heavy atom. The van der Waals surface area contributed by atoms with Crippen LogP contribution in [0.1, 0.15) is 48.2 Å². The van der Waals surface area contributed by atoms with E-state index in [1.165, 1.54) is 0 Å². The number of carboxylic acid groups (broad SMARTS) is 1. The van der Waals surface area contributed by atoms with Crippen molar-refractivity contribution >= 4 is 17.0 Å². The fourth-order valence-electron chi connectivity index (χ4n) is 5.39. The van der Waals surface area contributed by atoms with E-state index in [9.17, 15) is 23.1 Å². The standard InChI is InChI=1S/C30H30F3N5O5/c1-17-10-20(43-29-23(33)13-34-27(36-29)16-42-26-5-3-19(31)12-22(26)32)6-8-37(17)15-28-35-24-4-2-18(30(39)40)11-25(24)38(28)14-21-7-9-41-21/h2-5,11-13,17,20-21H,6-10,14-16H2,1H3,(H,39,40)/t17-,20-,21-/m0/s1. The highest BCUT2D eigenvalue weighted by molar-refractivity contribution is 5.92. The third kappa shape index (κ3) is 6.42. The van der Waals surface area contributed by atoms with Crippen LogP contribution in [0.25, 0.3) is 11.0 Å². The SMILES string of the molecule is C[C@H]1C[C@@H](Oc2nc(COc3ccc(F)cc3F)ncc2F)CCN1Cc1nc2ccc(C(=O)O)cc2n1C[C@@H]1CCO1. The molecule has 0 amide bonds. The molecular formula is C30H30F3N5O5. The van der Waals surface area contributed by atoms with E-state index in [0.29, 0.717) is 45.1 Å². The van der Waals surface area contributed by atoms with Crippen molar-refractivity contribution in [3.8, 4) is 11.6 Å². The van der Waals surface area contributed by atoms with Crippen LogP contribution in [0.4, 0.5) is 13.2 Å². The average Bonchev–Trinajstić information content (AvgIpc) is 3.29. The molecule has 2 aromatic carbocycles. The maximum Gasteiger partial charge on any atom is 0.335 e. The normalized spacial score (nSPS) is 20.6. The topological polar surface area (TPSA) is 112 Å². The first-order chi connectivity index (χ1) is 20.7. The largest absolute Gasteiger partial charge is 0.483 e. The second kappa shape index (κ2) is 12.2. The van der Waals surface area contributed by atoms with Crippen molar-refractivity contribution in [3.05, 3.63) is 77.3 Å². The number of aromatic nitrogens is 4. The van der Waals surface area contributed by atoms with E-state index >= 15 is 0 Å². The molecule has 4 aromatic rings. The van der Waals surface area contributed by atoms with Gasteiger partial charge < -0.3 is 23.9 Å². The molecular weight excluding hydrogens is 567 g/mol. The summed E-state index contributed by atoms with van der Waals surface area (Å²) in [5.41, 5.74) is 1.69. The zero-order valence-electron chi connectivity index (χ0n) is 23.4. The molecule has 2 saturated heterocycles. The van der Waals surface area contributed by atoms with Crippen LogP contribution in [-0.4, -0.2) is 66.9 Å². The molecule has 0 unspecified atom stereocenters. The van der Waals surface area contributed by atoms with Crippen LogP contribution < -0.4 is 9.47 Å². The third-order valence-corrected chi connectivity index (χ3v) is 7.85. The van der Waals surface area contributed by atoms with E-state index in [2.05, 4.69) is 26.4 Å². The lowest BCUT2D eigenvalue weighted by molar-refractivity contribution is -0.0593. The van der Waals surface area contributed by atoms with Crippen molar-refractivity contribution in [1.29, 1.82) is 0 Å². The molecule has 2 aromatic heterocycles. The van der Waals surface area contributed by atoms with Crippen molar-refractivity contribution in [3.63, 3.8) is 0 Å². The van der Waals surface area contributed by atoms with E-state index in [0.717, 1.165) is 41.6 Å². The van der Waals surface area contributed by atoms with Gasteiger partial charge in [-0.15, -0.1) is 0 Å². The quantitative estimate of drug-likeness (QED) is 0.277. The highest BCUT2D eigenvalue weighted by Gasteiger charge is 2.30. The highest BCUT2D eigenvalue weighted by atomic mass is 19.1. The number of rotatable bonds is 10. The molecule has 10 nitrogen and oxygen atoms in total. The first-order valence-corrected chi connectivity index (χ1v) is 14.1. The number of imidazole rings is 1. The number of benzene rings is 2. The number of carbonyl (C=O) groups is 1. The summed E-state index contributed by atoms with van der Waals surface area (Å²) in [4.78, 5) is 26.7. The van der Waals surface area contributed by atoms with Crippen molar-refractivity contribution in [2.45, 2.75) is 64.1 Å². The summed E-state index contributed by atoms with van der Waals surface area (Å²) in [7, 11) is 0. The zero-order valence-corrected chi connectivity index (χ0v) is 23.4. The number of halogens is 3. The van der Waals surface area contributed by atoms with Crippen LogP contribution in [0.15, 0.2) is 42.6 Å². The second-order valence-electron chi connectivity index (χ2n) is 10.8. The van der Waals surface area contributed by atoms with Crippen LogP contribution in [0.2, 0.25) is 0 Å². The predicted octanol–water partition coefficient (Wildman–Crippen LogP) is 4.74. The Balaban J connectivity index is 1.11. The number of hydrogen-bond donors (Lipinski definition) is 1. The monoisotopic (exact) mass is 597 g/mol. The molecule has 2 aliphatic rings. The number of ether oxygens (including phenoxy) is 3. The summed E-state index contributed by atoms with van der Waals surface area (Å²) in [5, 5.41) is 9.50. The van der Waals surface area contributed by atoms with Gasteiger partial charge >= 0.3 is 5.97 Å². The molecule has 0 radical (unpaired) electrons. The molecule has 226 valence electrons. The molecule has 3 atom stereocenters. The Labute approximate surface area is 245 Å². The molecule has 13 heteroatoms. The van der Waals surface area contributed by atoms with Crippen molar-refractivity contribution in [2.24, 2.45) is 0 Å². The lowest BCUT2D eigenvalue weighted by Gasteiger charge is -2.37. The average molecular weight is 598 g/mol. The molecule has 6 rings (SSSR count). The summed E-state index contributed by atoms with van der Waals surface area (Å²) < 4.78 is 60.6. The van der Waals surface area contributed by atoms with Crippen LogP contribution >= 0.6 is 0 Å². The fraction of sp³-hybridized carbons (Fsp3) is 0.400. The summed E-state index contributed by atoms with van der Waals surface area (Å²) in [6.07, 6.45) is 2.88. The summed E-state index contributed by atoms with van der Waals surface area (Å²) in [5.74, 6) is -2.78. The minimum atomic E-state index is -0.992. The molecule has 4 heterocycles. The number of fused-ring (bicyclic) bond motifs is 1. The Morgan fingerprint density at radius 1 is 1.12 bits per heavy atom. The van der Waals surface area contributed by atoms with Gasteiger partial charge in [0.05, 0.1) is 42.0 Å². The van der Waals surface area contributed by atoms with Gasteiger partial charge in [0.2, 0.25) is 5.82 Å². The van der Waals surface area contributed by atoms with Gasteiger partial charge in [-0.25, -0.2) is 23.5 Å². The van der Waals surface area contributed by atoms with Crippen molar-refractivity contribution in [1.82, 2.24) is 24.4 Å². The minimum Gasteiger partial charge on any atom is -0.483 e. The highest BCUT2D eigenvalue weighted by Crippen LogP contribution is 2.28. The second-order valence-corrected chi connectivity index (χ2v) is 10.8. The smallest absolute Gasteiger partial charge is 0.335 e. The number of carboxylic acids is 1. The van der Waals surface area contributed by atoms with E-state index in [1.807, 2.05) is 0 Å². The molecule has 2 fully saturated rings. The van der Waals surface area contributed by atoms with E-state index < -0.39 is 23.4 Å². The van der Waals surface area contributed by atoms with Gasteiger partial charge in [0.15, 0.2) is 17.4 Å². The summed E-state index contributed by atoms with van der Waals surface area (Å²) in [6, 6.07) is 7.94. The number of piperidine rings is 1. The Bertz CT molecular complexity index is 1650. The van der Waals surface area contributed by atoms with E-state index in [1.54, 1.807) is 18.2 Å². The van der Waals surface area contributed by atoms with Gasteiger partial charge in [-0.3, -0.25) is 4.90 Å². The van der Waals surface area contributed by atoms with Crippen molar-refractivity contribution in [2.75, 3.05) is 13.2 Å². The number of hydrogen-bond acceptors (Lipinski definition) is 8. The van der Waals surface area contributed by atoms with Crippen LogP contribution in [0.5, 0.6) is 11.6 Å². The summed E-state index contributed by atoms with van der Waals surface area (Å²) in [6.45, 7) is 4.31. The lowest BCUT2D eigenvalue weighted by atomic mass is 10.0. The van der Waals surface area contributed by atoms with Crippen LogP contribution in [-0.2, 0) is 24.4 Å². The molecule has 0 aliphatic carbocycles. The van der Waals surface area contributed by atoms with Crippen LogP contribution in [0, 0.1) is 17.5 Å². The van der Waals surface area contributed by atoms with E-state index in [4.69, 9.17) is 19.2 Å². The first-order valence-electron chi connectivity index (χ1n) is 14.1. The van der Waals surface area contributed by atoms with Gasteiger partial charge in [0, 0.05) is 25.3 Å². The Kier molecular flexibility index (Phi) is 8.17.